The van der Waals surface area contributed by atoms with E-state index < -0.39 is 0 Å². The molecular formula is C25H26N2O3. The molecule has 1 aromatic heterocycles. The van der Waals surface area contributed by atoms with Crippen LogP contribution < -0.4 is 0 Å². The SMILES string of the molecule is CCOC(=O)C1CCCN(C(=O)c2cc(-c3ccccc3)nc3ccc(C)cc23)C1. The van der Waals surface area contributed by atoms with E-state index in [2.05, 4.69) is 0 Å². The largest absolute Gasteiger partial charge is 0.466 e. The van der Waals surface area contributed by atoms with Crippen molar-refractivity contribution in [2.75, 3.05) is 19.7 Å². The highest BCUT2D eigenvalue weighted by molar-refractivity contribution is 6.07. The standard InChI is InChI=1S/C25H26N2O3/c1-3-30-25(29)19-10-7-13-27(16-19)24(28)21-15-23(18-8-5-4-6-9-18)26-22-12-11-17(2)14-20(21)22/h4-6,8-9,11-12,14-15,19H,3,7,10,13,16H2,1-2H3. The van der Waals surface area contributed by atoms with Gasteiger partial charge in [0.25, 0.3) is 5.91 Å². The Kier molecular flexibility index (Phi) is 5.79. The van der Waals surface area contributed by atoms with Crippen molar-refractivity contribution in [1.29, 1.82) is 0 Å². The minimum Gasteiger partial charge on any atom is -0.466 e. The quantitative estimate of drug-likeness (QED) is 0.597. The summed E-state index contributed by atoms with van der Waals surface area (Å²) in [5.74, 6) is -0.527. The van der Waals surface area contributed by atoms with E-state index in [0.29, 0.717) is 25.3 Å². The summed E-state index contributed by atoms with van der Waals surface area (Å²) in [6.07, 6.45) is 1.55. The number of piperidine rings is 1. The van der Waals surface area contributed by atoms with Crippen LogP contribution in [0, 0.1) is 12.8 Å². The van der Waals surface area contributed by atoms with Crippen LogP contribution in [0.5, 0.6) is 0 Å². The molecule has 2 aromatic carbocycles. The monoisotopic (exact) mass is 402 g/mol. The molecular weight excluding hydrogens is 376 g/mol. The highest BCUT2D eigenvalue weighted by atomic mass is 16.5. The number of amides is 1. The third-order valence-electron chi connectivity index (χ3n) is 5.59. The number of fused-ring (bicyclic) bond motifs is 1. The third kappa shape index (κ3) is 4.06. The first kappa shape index (κ1) is 20.1. The zero-order chi connectivity index (χ0) is 21.1. The molecule has 2 heterocycles. The van der Waals surface area contributed by atoms with E-state index in [1.165, 1.54) is 0 Å². The molecule has 1 unspecified atom stereocenters. The van der Waals surface area contributed by atoms with Gasteiger partial charge in [-0.15, -0.1) is 0 Å². The van der Waals surface area contributed by atoms with E-state index >= 15 is 0 Å². The molecule has 30 heavy (non-hydrogen) atoms. The summed E-state index contributed by atoms with van der Waals surface area (Å²) < 4.78 is 5.19. The topological polar surface area (TPSA) is 59.5 Å². The van der Waals surface area contributed by atoms with Gasteiger partial charge < -0.3 is 9.64 Å². The Balaban J connectivity index is 1.74. The molecule has 5 heteroatoms. The zero-order valence-corrected chi connectivity index (χ0v) is 17.4. The van der Waals surface area contributed by atoms with Crippen LogP contribution in [0.2, 0.25) is 0 Å². The van der Waals surface area contributed by atoms with Crippen LogP contribution in [-0.4, -0.2) is 41.5 Å². The minimum absolute atomic E-state index is 0.0563. The summed E-state index contributed by atoms with van der Waals surface area (Å²) in [7, 11) is 0. The van der Waals surface area contributed by atoms with Gasteiger partial charge in [0.05, 0.1) is 29.3 Å². The first-order chi connectivity index (χ1) is 14.6. The summed E-state index contributed by atoms with van der Waals surface area (Å²) in [4.78, 5) is 32.4. The highest BCUT2D eigenvalue weighted by Gasteiger charge is 2.30. The second-order valence-corrected chi connectivity index (χ2v) is 7.78. The fraction of sp³-hybridized carbons (Fsp3) is 0.320. The maximum Gasteiger partial charge on any atom is 0.310 e. The van der Waals surface area contributed by atoms with Gasteiger partial charge in [0, 0.05) is 24.0 Å². The molecule has 1 saturated heterocycles. The van der Waals surface area contributed by atoms with Crippen LogP contribution >= 0.6 is 0 Å². The summed E-state index contributed by atoms with van der Waals surface area (Å²) >= 11 is 0. The lowest BCUT2D eigenvalue weighted by molar-refractivity contribution is -0.149. The first-order valence-electron chi connectivity index (χ1n) is 10.5. The number of nitrogens with zero attached hydrogens (tertiary/aromatic N) is 2. The van der Waals surface area contributed by atoms with Crippen LogP contribution in [0.3, 0.4) is 0 Å². The molecule has 5 nitrogen and oxygen atoms in total. The highest BCUT2D eigenvalue weighted by Crippen LogP contribution is 2.28. The summed E-state index contributed by atoms with van der Waals surface area (Å²) in [5, 5.41) is 0.845. The number of aromatic nitrogens is 1. The smallest absolute Gasteiger partial charge is 0.310 e. The van der Waals surface area contributed by atoms with E-state index in [0.717, 1.165) is 40.6 Å². The average Bonchev–Trinajstić information content (AvgIpc) is 2.79. The number of rotatable bonds is 4. The van der Waals surface area contributed by atoms with Crippen molar-refractivity contribution < 1.29 is 14.3 Å². The molecule has 0 bridgehead atoms. The lowest BCUT2D eigenvalue weighted by atomic mass is 9.96. The van der Waals surface area contributed by atoms with Gasteiger partial charge in [0.15, 0.2) is 0 Å². The predicted octanol–water partition coefficient (Wildman–Crippen LogP) is 4.63. The maximum atomic E-state index is 13.6. The number of likely N-dealkylation sites (tertiary alicyclic amines) is 1. The van der Waals surface area contributed by atoms with Crippen LogP contribution in [0.25, 0.3) is 22.2 Å². The van der Waals surface area contributed by atoms with E-state index in [-0.39, 0.29) is 17.8 Å². The lowest BCUT2D eigenvalue weighted by Gasteiger charge is -2.32. The molecule has 1 fully saturated rings. The number of ether oxygens (including phenoxy) is 1. The molecule has 3 aromatic rings. The Hall–Kier alpha value is -3.21. The zero-order valence-electron chi connectivity index (χ0n) is 17.4. The van der Waals surface area contributed by atoms with Gasteiger partial charge in [-0.25, -0.2) is 4.98 Å². The van der Waals surface area contributed by atoms with Crippen LogP contribution in [-0.2, 0) is 9.53 Å². The molecule has 0 spiro atoms. The predicted molar refractivity (Wildman–Crippen MR) is 117 cm³/mol. The normalized spacial score (nSPS) is 16.5. The molecule has 1 aliphatic rings. The summed E-state index contributed by atoms with van der Waals surface area (Å²) in [6.45, 7) is 5.22. The maximum absolute atomic E-state index is 13.6. The van der Waals surface area contributed by atoms with E-state index in [1.54, 1.807) is 11.8 Å². The second-order valence-electron chi connectivity index (χ2n) is 7.78. The van der Waals surface area contributed by atoms with Crippen LogP contribution in [0.4, 0.5) is 0 Å². The van der Waals surface area contributed by atoms with Crippen LogP contribution in [0.15, 0.2) is 54.6 Å². The van der Waals surface area contributed by atoms with Crippen molar-refractivity contribution >= 4 is 22.8 Å². The van der Waals surface area contributed by atoms with Crippen molar-refractivity contribution in [3.8, 4) is 11.3 Å². The molecule has 1 atom stereocenters. The molecule has 0 radical (unpaired) electrons. The number of carbonyl (C=O) groups excluding carboxylic acids is 2. The fourth-order valence-corrected chi connectivity index (χ4v) is 4.06. The summed E-state index contributed by atoms with van der Waals surface area (Å²) in [6, 6.07) is 17.7. The van der Waals surface area contributed by atoms with E-state index in [9.17, 15) is 9.59 Å². The molecule has 154 valence electrons. The number of hydrogen-bond donors (Lipinski definition) is 0. The van der Waals surface area contributed by atoms with Crippen molar-refractivity contribution in [2.24, 2.45) is 5.92 Å². The van der Waals surface area contributed by atoms with Gasteiger partial charge in [-0.1, -0.05) is 42.0 Å². The fourth-order valence-electron chi connectivity index (χ4n) is 4.06. The van der Waals surface area contributed by atoms with Gasteiger partial charge in [-0.05, 0) is 44.9 Å². The summed E-state index contributed by atoms with van der Waals surface area (Å²) in [5.41, 5.74) is 4.25. The number of aryl methyl sites for hydroxylation is 1. The Labute approximate surface area is 176 Å². The van der Waals surface area contributed by atoms with Crippen molar-refractivity contribution in [1.82, 2.24) is 9.88 Å². The van der Waals surface area contributed by atoms with Crippen molar-refractivity contribution in [2.45, 2.75) is 26.7 Å². The molecule has 0 aliphatic carbocycles. The van der Waals surface area contributed by atoms with Gasteiger partial charge in [-0.3, -0.25) is 9.59 Å². The minimum atomic E-state index is -0.258. The Morgan fingerprint density at radius 1 is 1.13 bits per heavy atom. The molecule has 0 N–H and O–H groups in total. The molecule has 1 aliphatic heterocycles. The number of benzene rings is 2. The number of carbonyl (C=O) groups is 2. The Morgan fingerprint density at radius 2 is 1.93 bits per heavy atom. The van der Waals surface area contributed by atoms with Gasteiger partial charge in [0.1, 0.15) is 0 Å². The lowest BCUT2D eigenvalue weighted by Crippen LogP contribution is -2.42. The first-order valence-corrected chi connectivity index (χ1v) is 10.5. The van der Waals surface area contributed by atoms with Crippen LogP contribution in [0.1, 0.15) is 35.7 Å². The average molecular weight is 402 g/mol. The molecule has 0 saturated carbocycles. The van der Waals surface area contributed by atoms with Crippen molar-refractivity contribution in [3.63, 3.8) is 0 Å². The van der Waals surface area contributed by atoms with E-state index in [4.69, 9.17) is 9.72 Å². The van der Waals surface area contributed by atoms with Gasteiger partial charge >= 0.3 is 5.97 Å². The number of esters is 1. The van der Waals surface area contributed by atoms with Crippen molar-refractivity contribution in [3.05, 3.63) is 65.7 Å². The van der Waals surface area contributed by atoms with E-state index in [1.807, 2.05) is 61.5 Å². The second kappa shape index (κ2) is 8.66. The third-order valence-corrected chi connectivity index (χ3v) is 5.59. The number of pyridine rings is 1. The van der Waals surface area contributed by atoms with Gasteiger partial charge in [0.2, 0.25) is 0 Å². The number of hydrogen-bond acceptors (Lipinski definition) is 4. The molecule has 4 rings (SSSR count). The molecule has 1 amide bonds. The Bertz CT molecular complexity index is 1080. The Morgan fingerprint density at radius 3 is 2.70 bits per heavy atom. The van der Waals surface area contributed by atoms with Gasteiger partial charge in [-0.2, -0.15) is 0 Å².